The van der Waals surface area contributed by atoms with Crippen molar-refractivity contribution < 1.29 is 14.3 Å². The van der Waals surface area contributed by atoms with E-state index in [1.807, 2.05) is 0 Å². The molecule has 0 aliphatic rings. The third-order valence-corrected chi connectivity index (χ3v) is 2.80. The number of carbonyl (C=O) groups excluding carboxylic acids is 1. The summed E-state index contributed by atoms with van der Waals surface area (Å²) in [5.74, 6) is 1.18. The summed E-state index contributed by atoms with van der Waals surface area (Å²) in [4.78, 5) is 16.9. The maximum atomic E-state index is 11.5. The van der Waals surface area contributed by atoms with Crippen LogP contribution in [-0.2, 0) is 0 Å². The smallest absolute Gasteiger partial charge is 0.319 e. The van der Waals surface area contributed by atoms with Crippen molar-refractivity contribution in [2.45, 2.75) is 0 Å². The molecule has 0 unspecified atom stereocenters. The number of hydrogen-bond donors (Lipinski definition) is 1. The highest BCUT2D eigenvalue weighted by Crippen LogP contribution is 2.25. The van der Waals surface area contributed by atoms with Gasteiger partial charge in [-0.05, 0) is 30.3 Å². The Bertz CT molecular complexity index is 590. The maximum Gasteiger partial charge on any atom is 0.319 e. The van der Waals surface area contributed by atoms with Gasteiger partial charge in [0, 0.05) is 6.20 Å². The number of hydrogen-bond acceptors (Lipinski definition) is 4. The molecular formula is C15H16N3O3. The summed E-state index contributed by atoms with van der Waals surface area (Å²) in [6, 6.07) is 11.0. The minimum absolute atomic E-state index is 0.276. The molecular weight excluding hydrogens is 270 g/mol. The van der Waals surface area contributed by atoms with Gasteiger partial charge in [0.2, 0.25) is 0 Å². The SMILES string of the molecule is COc1c[c]ccc1OCCN(C(N)=O)c1cccnc1. The van der Waals surface area contributed by atoms with E-state index in [1.165, 1.54) is 4.90 Å². The molecule has 2 amide bonds. The molecule has 0 saturated carbocycles. The fraction of sp³-hybridized carbons (Fsp3) is 0.200. The number of amides is 2. The number of urea groups is 1. The highest BCUT2D eigenvalue weighted by atomic mass is 16.5. The van der Waals surface area contributed by atoms with E-state index in [1.54, 1.807) is 49.8 Å². The molecule has 0 spiro atoms. The number of carbonyl (C=O) groups is 1. The number of primary amides is 1. The maximum absolute atomic E-state index is 11.5. The first-order valence-corrected chi connectivity index (χ1v) is 6.36. The number of pyridine rings is 1. The van der Waals surface area contributed by atoms with Gasteiger partial charge in [0.1, 0.15) is 6.61 Å². The summed E-state index contributed by atoms with van der Waals surface area (Å²) in [5.41, 5.74) is 6.01. The average Bonchev–Trinajstić information content (AvgIpc) is 2.52. The zero-order chi connectivity index (χ0) is 15.1. The molecule has 6 nitrogen and oxygen atoms in total. The third kappa shape index (κ3) is 3.85. The standard InChI is InChI=1S/C15H16N3O3/c1-20-13-6-2-3-7-14(13)21-10-9-18(15(16)19)12-5-4-8-17-11-12/h3-8,11H,9-10H2,1H3,(H2,16,19). The van der Waals surface area contributed by atoms with E-state index >= 15 is 0 Å². The van der Waals surface area contributed by atoms with Gasteiger partial charge in [0.05, 0.1) is 25.5 Å². The topological polar surface area (TPSA) is 77.7 Å². The Morgan fingerprint density at radius 2 is 2.29 bits per heavy atom. The lowest BCUT2D eigenvalue weighted by molar-refractivity contribution is 0.250. The number of ether oxygens (including phenoxy) is 2. The molecule has 1 radical (unpaired) electrons. The number of nitrogens with zero attached hydrogens (tertiary/aromatic N) is 2. The number of rotatable bonds is 6. The number of aromatic nitrogens is 1. The van der Waals surface area contributed by atoms with Crippen LogP contribution in [0.25, 0.3) is 0 Å². The summed E-state index contributed by atoms with van der Waals surface area (Å²) in [7, 11) is 1.56. The monoisotopic (exact) mass is 286 g/mol. The molecule has 0 bridgehead atoms. The Balaban J connectivity index is 1.99. The number of anilines is 1. The Morgan fingerprint density at radius 1 is 1.43 bits per heavy atom. The highest BCUT2D eigenvalue weighted by molar-refractivity contribution is 5.90. The van der Waals surface area contributed by atoms with Crippen LogP contribution in [0.3, 0.4) is 0 Å². The summed E-state index contributed by atoms with van der Waals surface area (Å²) >= 11 is 0. The molecule has 0 aliphatic heterocycles. The lowest BCUT2D eigenvalue weighted by atomic mass is 10.3. The van der Waals surface area contributed by atoms with Crippen molar-refractivity contribution in [3.05, 3.63) is 48.8 Å². The van der Waals surface area contributed by atoms with Crippen LogP contribution >= 0.6 is 0 Å². The van der Waals surface area contributed by atoms with E-state index in [9.17, 15) is 4.79 Å². The van der Waals surface area contributed by atoms with E-state index in [0.717, 1.165) is 0 Å². The van der Waals surface area contributed by atoms with Crippen molar-refractivity contribution >= 4 is 11.7 Å². The zero-order valence-corrected chi connectivity index (χ0v) is 11.7. The minimum Gasteiger partial charge on any atom is -0.493 e. The second-order valence-electron chi connectivity index (χ2n) is 4.13. The van der Waals surface area contributed by atoms with E-state index in [2.05, 4.69) is 11.1 Å². The zero-order valence-electron chi connectivity index (χ0n) is 11.7. The molecule has 21 heavy (non-hydrogen) atoms. The molecule has 2 aromatic rings. The minimum atomic E-state index is -0.556. The Morgan fingerprint density at radius 3 is 2.95 bits per heavy atom. The predicted octanol–water partition coefficient (Wildman–Crippen LogP) is 1.85. The van der Waals surface area contributed by atoms with Crippen molar-refractivity contribution in [3.8, 4) is 11.5 Å². The van der Waals surface area contributed by atoms with E-state index in [-0.39, 0.29) is 6.61 Å². The number of methoxy groups -OCH3 is 1. The average molecular weight is 286 g/mol. The second kappa shape index (κ2) is 7.14. The van der Waals surface area contributed by atoms with Gasteiger partial charge >= 0.3 is 6.03 Å². The van der Waals surface area contributed by atoms with Crippen LogP contribution in [0.1, 0.15) is 0 Å². The fourth-order valence-electron chi connectivity index (χ4n) is 1.81. The fourth-order valence-corrected chi connectivity index (χ4v) is 1.81. The van der Waals surface area contributed by atoms with Crippen molar-refractivity contribution in [2.24, 2.45) is 5.73 Å². The molecule has 0 aliphatic carbocycles. The van der Waals surface area contributed by atoms with E-state index in [0.29, 0.717) is 23.7 Å². The van der Waals surface area contributed by atoms with Gasteiger partial charge in [0.25, 0.3) is 0 Å². The third-order valence-electron chi connectivity index (χ3n) is 2.80. The van der Waals surface area contributed by atoms with Crippen molar-refractivity contribution in [1.29, 1.82) is 0 Å². The molecule has 0 saturated heterocycles. The lowest BCUT2D eigenvalue weighted by Gasteiger charge is -2.20. The van der Waals surface area contributed by atoms with Crippen LogP contribution < -0.4 is 20.1 Å². The molecule has 0 fully saturated rings. The van der Waals surface area contributed by atoms with Gasteiger partial charge in [-0.3, -0.25) is 9.88 Å². The van der Waals surface area contributed by atoms with Gasteiger partial charge < -0.3 is 15.2 Å². The van der Waals surface area contributed by atoms with Crippen molar-refractivity contribution in [2.75, 3.05) is 25.2 Å². The van der Waals surface area contributed by atoms with Gasteiger partial charge in [0.15, 0.2) is 11.5 Å². The van der Waals surface area contributed by atoms with E-state index < -0.39 is 6.03 Å². The van der Waals surface area contributed by atoms with Crippen LogP contribution in [0.4, 0.5) is 10.5 Å². The molecule has 109 valence electrons. The molecule has 1 aromatic heterocycles. The summed E-state index contributed by atoms with van der Waals surface area (Å²) in [6.45, 7) is 0.584. The number of nitrogens with two attached hydrogens (primary N) is 1. The Kier molecular flexibility index (Phi) is 4.98. The van der Waals surface area contributed by atoms with Crippen molar-refractivity contribution in [1.82, 2.24) is 4.98 Å². The van der Waals surface area contributed by atoms with Crippen LogP contribution in [0.15, 0.2) is 42.7 Å². The summed E-state index contributed by atoms with van der Waals surface area (Å²) < 4.78 is 10.8. The van der Waals surface area contributed by atoms with Crippen LogP contribution in [0, 0.1) is 6.07 Å². The molecule has 6 heteroatoms. The first-order chi connectivity index (χ1) is 10.2. The van der Waals surface area contributed by atoms with Gasteiger partial charge in [-0.15, -0.1) is 0 Å². The second-order valence-corrected chi connectivity index (χ2v) is 4.13. The predicted molar refractivity (Wildman–Crippen MR) is 78.5 cm³/mol. The lowest BCUT2D eigenvalue weighted by Crippen LogP contribution is -2.38. The summed E-state index contributed by atoms with van der Waals surface area (Å²) in [6.07, 6.45) is 3.20. The van der Waals surface area contributed by atoms with Crippen LogP contribution in [0.5, 0.6) is 11.5 Å². The Hall–Kier alpha value is -2.76. The molecule has 2 rings (SSSR count). The first-order valence-electron chi connectivity index (χ1n) is 6.36. The quantitative estimate of drug-likeness (QED) is 0.879. The van der Waals surface area contributed by atoms with Crippen LogP contribution in [0.2, 0.25) is 0 Å². The molecule has 1 aromatic carbocycles. The molecule has 1 heterocycles. The van der Waals surface area contributed by atoms with Gasteiger partial charge in [-0.1, -0.05) is 6.07 Å². The van der Waals surface area contributed by atoms with Crippen molar-refractivity contribution in [3.63, 3.8) is 0 Å². The largest absolute Gasteiger partial charge is 0.493 e. The first kappa shape index (κ1) is 14.6. The van der Waals surface area contributed by atoms with E-state index in [4.69, 9.17) is 15.2 Å². The van der Waals surface area contributed by atoms with Crippen LogP contribution in [-0.4, -0.2) is 31.3 Å². The van der Waals surface area contributed by atoms with Gasteiger partial charge in [-0.25, -0.2) is 4.79 Å². The van der Waals surface area contributed by atoms with Gasteiger partial charge in [-0.2, -0.15) is 0 Å². The summed E-state index contributed by atoms with van der Waals surface area (Å²) in [5, 5.41) is 0. The molecule has 0 atom stereocenters. The number of benzene rings is 1. The highest BCUT2D eigenvalue weighted by Gasteiger charge is 2.12. The normalized spacial score (nSPS) is 9.95. The molecule has 2 N–H and O–H groups in total. The Labute approximate surface area is 123 Å².